The van der Waals surface area contributed by atoms with Gasteiger partial charge in [-0.15, -0.1) is 0 Å². The standard InChI is InChI=1S/C15H28N4/c1-12(2)14-9-16-15(3,4)11-19(14)7-6-13-8-17-18(5)10-13/h8,10,12,14,16H,6-7,9,11H2,1-5H3. The molecular weight excluding hydrogens is 236 g/mol. The van der Waals surface area contributed by atoms with E-state index in [0.29, 0.717) is 12.0 Å². The summed E-state index contributed by atoms with van der Waals surface area (Å²) in [6.45, 7) is 12.6. The lowest BCUT2D eigenvalue weighted by Gasteiger charge is -2.46. The van der Waals surface area contributed by atoms with Gasteiger partial charge in [-0.05, 0) is 31.7 Å². The van der Waals surface area contributed by atoms with Crippen molar-refractivity contribution in [3.63, 3.8) is 0 Å². The van der Waals surface area contributed by atoms with Gasteiger partial charge in [-0.25, -0.2) is 0 Å². The molecule has 1 saturated heterocycles. The predicted molar refractivity (Wildman–Crippen MR) is 79.2 cm³/mol. The fraction of sp³-hybridized carbons (Fsp3) is 0.800. The molecule has 1 aromatic heterocycles. The Balaban J connectivity index is 1.97. The van der Waals surface area contributed by atoms with Crippen LogP contribution in [0, 0.1) is 5.92 Å². The maximum Gasteiger partial charge on any atom is 0.0522 e. The van der Waals surface area contributed by atoms with Crippen LogP contribution in [0.4, 0.5) is 0 Å². The Morgan fingerprint density at radius 2 is 2.21 bits per heavy atom. The van der Waals surface area contributed by atoms with Crippen molar-refractivity contribution in [2.24, 2.45) is 13.0 Å². The number of aromatic nitrogens is 2. The van der Waals surface area contributed by atoms with E-state index in [4.69, 9.17) is 0 Å². The van der Waals surface area contributed by atoms with Gasteiger partial charge in [0.1, 0.15) is 0 Å². The number of rotatable bonds is 4. The summed E-state index contributed by atoms with van der Waals surface area (Å²) in [7, 11) is 1.98. The molecule has 4 heteroatoms. The molecule has 0 aromatic carbocycles. The van der Waals surface area contributed by atoms with Crippen molar-refractivity contribution in [2.45, 2.75) is 45.7 Å². The molecule has 0 aliphatic carbocycles. The average Bonchev–Trinajstić information content (AvgIpc) is 2.71. The highest BCUT2D eigenvalue weighted by molar-refractivity contribution is 5.05. The zero-order valence-corrected chi connectivity index (χ0v) is 13.0. The zero-order chi connectivity index (χ0) is 14.0. The Kier molecular flexibility index (Phi) is 4.31. The molecule has 1 N–H and O–H groups in total. The minimum absolute atomic E-state index is 0.223. The zero-order valence-electron chi connectivity index (χ0n) is 13.0. The molecule has 0 saturated carbocycles. The largest absolute Gasteiger partial charge is 0.309 e. The maximum absolute atomic E-state index is 4.25. The molecule has 1 atom stereocenters. The van der Waals surface area contributed by atoms with E-state index in [1.54, 1.807) is 0 Å². The van der Waals surface area contributed by atoms with Crippen LogP contribution < -0.4 is 5.32 Å². The Bertz CT molecular complexity index is 408. The van der Waals surface area contributed by atoms with E-state index < -0.39 is 0 Å². The number of nitrogens with one attached hydrogen (secondary N) is 1. The van der Waals surface area contributed by atoms with Crippen LogP contribution in [0.2, 0.25) is 0 Å². The van der Waals surface area contributed by atoms with E-state index in [1.165, 1.54) is 5.56 Å². The van der Waals surface area contributed by atoms with Gasteiger partial charge in [-0.2, -0.15) is 5.10 Å². The number of hydrogen-bond acceptors (Lipinski definition) is 3. The van der Waals surface area contributed by atoms with Crippen LogP contribution in [-0.2, 0) is 13.5 Å². The van der Waals surface area contributed by atoms with Crippen molar-refractivity contribution in [1.82, 2.24) is 20.0 Å². The number of hydrogen-bond donors (Lipinski definition) is 1. The number of piperazine rings is 1. The highest BCUT2D eigenvalue weighted by Gasteiger charge is 2.33. The van der Waals surface area contributed by atoms with Gasteiger partial charge in [0.25, 0.3) is 0 Å². The molecule has 0 spiro atoms. The third-order valence-electron chi connectivity index (χ3n) is 4.07. The smallest absolute Gasteiger partial charge is 0.0522 e. The minimum atomic E-state index is 0.223. The van der Waals surface area contributed by atoms with Gasteiger partial charge in [-0.1, -0.05) is 13.8 Å². The summed E-state index contributed by atoms with van der Waals surface area (Å²) in [5.41, 5.74) is 1.56. The summed E-state index contributed by atoms with van der Waals surface area (Å²) in [6, 6.07) is 0.643. The van der Waals surface area contributed by atoms with E-state index in [-0.39, 0.29) is 5.54 Å². The van der Waals surface area contributed by atoms with Crippen molar-refractivity contribution in [1.29, 1.82) is 0 Å². The molecule has 108 valence electrons. The van der Waals surface area contributed by atoms with Crippen LogP contribution in [-0.4, -0.2) is 45.9 Å². The fourth-order valence-electron chi connectivity index (χ4n) is 2.97. The van der Waals surface area contributed by atoms with Crippen LogP contribution in [0.3, 0.4) is 0 Å². The second kappa shape index (κ2) is 5.63. The van der Waals surface area contributed by atoms with E-state index in [1.807, 2.05) is 17.9 Å². The number of nitrogens with zero attached hydrogens (tertiary/aromatic N) is 3. The molecule has 1 aromatic rings. The van der Waals surface area contributed by atoms with Crippen molar-refractivity contribution >= 4 is 0 Å². The van der Waals surface area contributed by atoms with Gasteiger partial charge in [-0.3, -0.25) is 9.58 Å². The molecule has 1 aliphatic rings. The summed E-state index contributed by atoms with van der Waals surface area (Å²) in [4.78, 5) is 2.65. The first-order valence-electron chi connectivity index (χ1n) is 7.34. The average molecular weight is 264 g/mol. The SMILES string of the molecule is CC(C)C1CNC(C)(C)CN1CCc1cnn(C)c1. The first kappa shape index (κ1) is 14.5. The van der Waals surface area contributed by atoms with Gasteiger partial charge in [0.05, 0.1) is 6.20 Å². The minimum Gasteiger partial charge on any atom is -0.309 e. The molecule has 19 heavy (non-hydrogen) atoms. The highest BCUT2D eigenvalue weighted by atomic mass is 15.3. The third-order valence-corrected chi connectivity index (χ3v) is 4.07. The highest BCUT2D eigenvalue weighted by Crippen LogP contribution is 2.20. The summed E-state index contributed by atoms with van der Waals surface area (Å²) < 4.78 is 1.89. The van der Waals surface area contributed by atoms with Crippen molar-refractivity contribution in [3.8, 4) is 0 Å². The van der Waals surface area contributed by atoms with Gasteiger partial charge >= 0.3 is 0 Å². The second-order valence-electron chi connectivity index (χ2n) is 6.82. The molecule has 0 amide bonds. The van der Waals surface area contributed by atoms with Crippen LogP contribution in [0.15, 0.2) is 12.4 Å². The monoisotopic (exact) mass is 264 g/mol. The first-order chi connectivity index (χ1) is 8.87. The van der Waals surface area contributed by atoms with Gasteiger partial charge in [0.15, 0.2) is 0 Å². The van der Waals surface area contributed by atoms with E-state index in [0.717, 1.165) is 26.1 Å². The quantitative estimate of drug-likeness (QED) is 0.898. The Morgan fingerprint density at radius 3 is 2.79 bits per heavy atom. The first-order valence-corrected chi connectivity index (χ1v) is 7.34. The summed E-state index contributed by atoms with van der Waals surface area (Å²) in [6.07, 6.45) is 5.20. The van der Waals surface area contributed by atoms with E-state index in [9.17, 15) is 0 Å². The molecule has 0 bridgehead atoms. The molecule has 2 rings (SSSR count). The van der Waals surface area contributed by atoms with Crippen LogP contribution in [0.1, 0.15) is 33.3 Å². The van der Waals surface area contributed by atoms with Crippen LogP contribution in [0.5, 0.6) is 0 Å². The molecule has 0 radical (unpaired) electrons. The molecule has 1 aliphatic heterocycles. The van der Waals surface area contributed by atoms with Crippen molar-refractivity contribution < 1.29 is 0 Å². The second-order valence-corrected chi connectivity index (χ2v) is 6.82. The lowest BCUT2D eigenvalue weighted by molar-refractivity contribution is 0.0705. The predicted octanol–water partition coefficient (Wildman–Crippen LogP) is 1.67. The van der Waals surface area contributed by atoms with Crippen molar-refractivity contribution in [3.05, 3.63) is 18.0 Å². The van der Waals surface area contributed by atoms with Crippen molar-refractivity contribution in [2.75, 3.05) is 19.6 Å². The Morgan fingerprint density at radius 1 is 1.47 bits per heavy atom. The molecule has 1 fully saturated rings. The molecule has 4 nitrogen and oxygen atoms in total. The molecule has 1 unspecified atom stereocenters. The maximum atomic E-state index is 4.25. The molecular formula is C15H28N4. The van der Waals surface area contributed by atoms with Crippen LogP contribution >= 0.6 is 0 Å². The lowest BCUT2D eigenvalue weighted by atomic mass is 9.93. The summed E-state index contributed by atoms with van der Waals surface area (Å²) >= 11 is 0. The topological polar surface area (TPSA) is 33.1 Å². The van der Waals surface area contributed by atoms with Gasteiger partial charge in [0.2, 0.25) is 0 Å². The van der Waals surface area contributed by atoms with Crippen LogP contribution in [0.25, 0.3) is 0 Å². The van der Waals surface area contributed by atoms with Gasteiger partial charge < -0.3 is 5.32 Å². The Labute approximate surface area is 117 Å². The normalized spacial score (nSPS) is 24.0. The summed E-state index contributed by atoms with van der Waals surface area (Å²) in [5, 5.41) is 7.91. The lowest BCUT2D eigenvalue weighted by Crippen LogP contribution is -2.63. The van der Waals surface area contributed by atoms with Gasteiger partial charge in [0, 0.05) is 44.5 Å². The summed E-state index contributed by atoms with van der Waals surface area (Å²) in [5.74, 6) is 0.692. The Hall–Kier alpha value is -0.870. The fourth-order valence-corrected chi connectivity index (χ4v) is 2.97. The van der Waals surface area contributed by atoms with E-state index in [2.05, 4.69) is 49.2 Å². The molecule has 2 heterocycles. The third kappa shape index (κ3) is 3.80. The number of aryl methyl sites for hydroxylation is 1. The van der Waals surface area contributed by atoms with E-state index >= 15 is 0 Å².